The number of aliphatic hydroxyl groups is 2. The van der Waals surface area contributed by atoms with E-state index in [0.29, 0.717) is 40.2 Å². The molecule has 7 saturated carbocycles. The fourth-order valence-corrected chi connectivity index (χ4v) is 13.4. The van der Waals surface area contributed by atoms with Gasteiger partial charge in [-0.2, -0.15) is 0 Å². The summed E-state index contributed by atoms with van der Waals surface area (Å²) in [5, 5.41) is 20.0. The van der Waals surface area contributed by atoms with E-state index < -0.39 is 0 Å². The summed E-state index contributed by atoms with van der Waals surface area (Å²) in [5.41, 5.74) is 2.26. The SMILES string of the molecule is C[C@]12CC[C@H](O)CC1=CC[C@@H]1[C@@H]2CC[C@]2(C)C(=O)CC[C@@H]12.C[C@]12CC[C@H](O)C[C@@H]1CC[C@@H]1[C@@H]2CC[C@]2(C)C(=O)CC[C@@H]12. The summed E-state index contributed by atoms with van der Waals surface area (Å²) >= 11 is 0. The molecule has 7 fully saturated rings. The first-order valence-electron chi connectivity index (χ1n) is 18.0. The van der Waals surface area contributed by atoms with Gasteiger partial charge in [-0.3, -0.25) is 9.59 Å². The number of fused-ring (bicyclic) bond motifs is 10. The third-order valence-corrected chi connectivity index (χ3v) is 16.1. The van der Waals surface area contributed by atoms with Crippen molar-refractivity contribution < 1.29 is 19.8 Å². The fourth-order valence-electron chi connectivity index (χ4n) is 13.4. The molecule has 234 valence electrons. The number of hydrogen-bond acceptors (Lipinski definition) is 4. The maximum absolute atomic E-state index is 12.4. The minimum absolute atomic E-state index is 0.0124. The van der Waals surface area contributed by atoms with Gasteiger partial charge in [-0.1, -0.05) is 39.3 Å². The van der Waals surface area contributed by atoms with E-state index in [1.807, 2.05) is 0 Å². The number of carbonyl (C=O) groups is 2. The van der Waals surface area contributed by atoms with Gasteiger partial charge in [0, 0.05) is 23.7 Å². The van der Waals surface area contributed by atoms with Crippen LogP contribution in [-0.2, 0) is 9.59 Å². The molecule has 0 aromatic carbocycles. The molecule has 0 unspecified atom stereocenters. The highest BCUT2D eigenvalue weighted by atomic mass is 16.3. The highest BCUT2D eigenvalue weighted by molar-refractivity contribution is 5.87. The van der Waals surface area contributed by atoms with Crippen LogP contribution in [0.3, 0.4) is 0 Å². The molecule has 0 heterocycles. The maximum atomic E-state index is 12.4. The molecular formula is C38H58O4. The lowest BCUT2D eigenvalue weighted by atomic mass is 9.45. The third-order valence-electron chi connectivity index (χ3n) is 16.1. The smallest absolute Gasteiger partial charge is 0.139 e. The van der Waals surface area contributed by atoms with Crippen molar-refractivity contribution in [1.82, 2.24) is 0 Å². The number of carbonyl (C=O) groups excluding carboxylic acids is 2. The molecule has 0 aromatic rings. The predicted octanol–water partition coefficient (Wildman–Crippen LogP) is 7.84. The van der Waals surface area contributed by atoms with Gasteiger partial charge < -0.3 is 10.2 Å². The second-order valence-corrected chi connectivity index (χ2v) is 17.6. The molecule has 2 N–H and O–H groups in total. The zero-order valence-electron chi connectivity index (χ0n) is 27.0. The molecule has 13 atom stereocenters. The van der Waals surface area contributed by atoms with Crippen LogP contribution < -0.4 is 0 Å². The lowest BCUT2D eigenvalue weighted by Crippen LogP contribution is -2.54. The number of Topliss-reactive ketones (excluding diaryl/α,β-unsaturated/α-hetero) is 2. The fraction of sp³-hybridized carbons (Fsp3) is 0.895. The van der Waals surface area contributed by atoms with Crippen LogP contribution >= 0.6 is 0 Å². The van der Waals surface area contributed by atoms with Crippen LogP contribution in [0.1, 0.15) is 137 Å². The van der Waals surface area contributed by atoms with Crippen molar-refractivity contribution in [2.24, 2.45) is 63.1 Å². The van der Waals surface area contributed by atoms with Crippen LogP contribution in [-0.4, -0.2) is 34.0 Å². The number of allylic oxidation sites excluding steroid dienone is 1. The lowest BCUT2D eigenvalue weighted by Gasteiger charge is -2.60. The second kappa shape index (κ2) is 10.3. The highest BCUT2D eigenvalue weighted by Crippen LogP contribution is 2.66. The average molecular weight is 579 g/mol. The summed E-state index contributed by atoms with van der Waals surface area (Å²) in [4.78, 5) is 24.7. The summed E-state index contributed by atoms with van der Waals surface area (Å²) < 4.78 is 0. The standard InChI is InChI=1S/C19H30O2.C19H28O2/c2*1-18-9-7-13(20)11-12(18)3-4-14-15-5-6-17(21)19(15,2)10-8-16(14)18/h12-16,20H,3-11H2,1-2H3;3,13-16,20H,4-11H2,1-2H3/t12-,13-,14-,15-,16-,18-,19-;13-,14-,15-,16-,18-,19-/m00/s1. The van der Waals surface area contributed by atoms with Gasteiger partial charge >= 0.3 is 0 Å². The summed E-state index contributed by atoms with van der Waals surface area (Å²) in [5.74, 6) is 6.14. The van der Waals surface area contributed by atoms with E-state index in [-0.39, 0.29) is 23.0 Å². The Hall–Kier alpha value is -1.00. The Morgan fingerprint density at radius 2 is 1.19 bits per heavy atom. The molecule has 8 aliphatic carbocycles. The Bertz CT molecular complexity index is 1140. The van der Waals surface area contributed by atoms with Crippen molar-refractivity contribution in [1.29, 1.82) is 0 Å². The Labute approximate surface area is 254 Å². The van der Waals surface area contributed by atoms with Crippen molar-refractivity contribution >= 4 is 11.6 Å². The van der Waals surface area contributed by atoms with Crippen molar-refractivity contribution in [2.75, 3.05) is 0 Å². The lowest BCUT2D eigenvalue weighted by molar-refractivity contribution is -0.142. The molecule has 0 aromatic heterocycles. The van der Waals surface area contributed by atoms with Crippen LogP contribution in [0.2, 0.25) is 0 Å². The number of hydrogen-bond donors (Lipinski definition) is 2. The van der Waals surface area contributed by atoms with E-state index in [2.05, 4.69) is 33.8 Å². The van der Waals surface area contributed by atoms with E-state index in [1.54, 1.807) is 0 Å². The average Bonchev–Trinajstić information content (AvgIpc) is 3.44. The Balaban J connectivity index is 0.000000137. The third kappa shape index (κ3) is 4.26. The Morgan fingerprint density at radius 3 is 1.88 bits per heavy atom. The summed E-state index contributed by atoms with van der Waals surface area (Å²) in [6.45, 7) is 9.47. The van der Waals surface area contributed by atoms with E-state index in [1.165, 1.54) is 37.7 Å². The monoisotopic (exact) mass is 578 g/mol. The van der Waals surface area contributed by atoms with Crippen LogP contribution in [0.25, 0.3) is 0 Å². The van der Waals surface area contributed by atoms with Crippen LogP contribution in [0.15, 0.2) is 11.6 Å². The second-order valence-electron chi connectivity index (χ2n) is 17.6. The van der Waals surface area contributed by atoms with Gasteiger partial charge in [0.2, 0.25) is 0 Å². The van der Waals surface area contributed by atoms with Gasteiger partial charge in [0.25, 0.3) is 0 Å². The molecule has 4 heteroatoms. The molecule has 8 aliphatic rings. The number of aliphatic hydroxyl groups excluding tert-OH is 2. The van der Waals surface area contributed by atoms with Crippen molar-refractivity contribution in [3.8, 4) is 0 Å². The van der Waals surface area contributed by atoms with Gasteiger partial charge in [0.15, 0.2) is 0 Å². The molecule has 0 amide bonds. The van der Waals surface area contributed by atoms with Crippen LogP contribution in [0, 0.1) is 63.1 Å². The minimum Gasteiger partial charge on any atom is -0.393 e. The molecule has 0 spiro atoms. The number of ketones is 2. The Morgan fingerprint density at radius 1 is 0.619 bits per heavy atom. The van der Waals surface area contributed by atoms with E-state index in [0.717, 1.165) is 101 Å². The van der Waals surface area contributed by atoms with Gasteiger partial charge in [0.1, 0.15) is 11.6 Å². The molecule has 0 saturated heterocycles. The largest absolute Gasteiger partial charge is 0.393 e. The molecule has 42 heavy (non-hydrogen) atoms. The van der Waals surface area contributed by atoms with Gasteiger partial charge in [0.05, 0.1) is 12.2 Å². The zero-order valence-corrected chi connectivity index (χ0v) is 27.0. The van der Waals surface area contributed by atoms with Gasteiger partial charge in [-0.25, -0.2) is 0 Å². The van der Waals surface area contributed by atoms with Gasteiger partial charge in [-0.05, 0) is 149 Å². The van der Waals surface area contributed by atoms with Crippen LogP contribution in [0.5, 0.6) is 0 Å². The first-order chi connectivity index (χ1) is 19.9. The molecular weight excluding hydrogens is 520 g/mol. The number of rotatable bonds is 0. The first kappa shape index (κ1) is 29.7. The minimum atomic E-state index is -0.122. The first-order valence-corrected chi connectivity index (χ1v) is 18.0. The topological polar surface area (TPSA) is 74.6 Å². The molecule has 0 bridgehead atoms. The van der Waals surface area contributed by atoms with Crippen molar-refractivity contribution in [3.05, 3.63) is 11.6 Å². The van der Waals surface area contributed by atoms with Crippen molar-refractivity contribution in [3.63, 3.8) is 0 Å². The predicted molar refractivity (Wildman–Crippen MR) is 165 cm³/mol. The van der Waals surface area contributed by atoms with Gasteiger partial charge in [-0.15, -0.1) is 0 Å². The quantitative estimate of drug-likeness (QED) is 0.287. The maximum Gasteiger partial charge on any atom is 0.139 e. The normalized spacial score (nSPS) is 54.6. The highest BCUT2D eigenvalue weighted by Gasteiger charge is 2.61. The van der Waals surface area contributed by atoms with E-state index in [4.69, 9.17) is 0 Å². The molecule has 0 radical (unpaired) electrons. The van der Waals surface area contributed by atoms with Crippen molar-refractivity contribution in [2.45, 2.75) is 149 Å². The van der Waals surface area contributed by atoms with Crippen LogP contribution in [0.4, 0.5) is 0 Å². The molecule has 0 aliphatic heterocycles. The summed E-state index contributed by atoms with van der Waals surface area (Å²) in [7, 11) is 0. The van der Waals surface area contributed by atoms with E-state index in [9.17, 15) is 19.8 Å². The zero-order chi connectivity index (χ0) is 29.7. The van der Waals surface area contributed by atoms with E-state index >= 15 is 0 Å². The summed E-state index contributed by atoms with van der Waals surface area (Å²) in [6, 6.07) is 0. The Kier molecular flexibility index (Phi) is 7.26. The summed E-state index contributed by atoms with van der Waals surface area (Å²) in [6.07, 6.45) is 20.9. The molecule has 4 nitrogen and oxygen atoms in total. The molecule has 8 rings (SSSR count).